The highest BCUT2D eigenvalue weighted by Gasteiger charge is 2.31. The number of esters is 1. The molecule has 0 fully saturated rings. The monoisotopic (exact) mass is 262 g/mol. The minimum Gasteiger partial charge on any atom is -0.420 e. The number of hydrogen-bond donors (Lipinski definition) is 1. The topological polar surface area (TPSA) is 63.6 Å². The molecule has 0 saturated heterocycles. The third-order valence-corrected chi connectivity index (χ3v) is 2.05. The van der Waals surface area contributed by atoms with Crippen LogP contribution in [0.25, 0.3) is 0 Å². The molecule has 0 radical (unpaired) electrons. The number of aliphatic hydroxyl groups is 1. The van der Waals surface area contributed by atoms with Crippen molar-refractivity contribution in [1.82, 2.24) is 0 Å². The van der Waals surface area contributed by atoms with Crippen molar-refractivity contribution in [3.05, 3.63) is 29.3 Å². The van der Waals surface area contributed by atoms with Crippen LogP contribution in [0.1, 0.15) is 18.1 Å². The Bertz CT molecular complexity index is 480. The Hall–Kier alpha value is -1.89. The van der Waals surface area contributed by atoms with E-state index in [0.29, 0.717) is 6.07 Å². The number of Topliss-reactive ketones (excluding diaryl/α,β-unsaturated/α-hetero) is 1. The average Bonchev–Trinajstić information content (AvgIpc) is 2.27. The van der Waals surface area contributed by atoms with Crippen molar-refractivity contribution in [3.8, 4) is 5.75 Å². The Morgan fingerprint density at radius 3 is 2.39 bits per heavy atom. The van der Waals surface area contributed by atoms with E-state index in [0.717, 1.165) is 19.1 Å². The molecule has 18 heavy (non-hydrogen) atoms. The SMILES string of the molecule is CC(=O)C(=O)Oc1cc(C(F)(F)F)ccc1CO. The molecule has 0 spiro atoms. The van der Waals surface area contributed by atoms with Crippen molar-refractivity contribution in [2.45, 2.75) is 19.7 Å². The molecule has 1 aromatic carbocycles. The smallest absolute Gasteiger partial charge is 0.416 e. The highest BCUT2D eigenvalue weighted by molar-refractivity contribution is 6.33. The van der Waals surface area contributed by atoms with Crippen molar-refractivity contribution in [2.24, 2.45) is 0 Å². The molecule has 0 bridgehead atoms. The molecule has 7 heteroatoms. The quantitative estimate of drug-likeness (QED) is 0.511. The summed E-state index contributed by atoms with van der Waals surface area (Å²) in [5.74, 6) is -2.71. The predicted molar refractivity (Wildman–Crippen MR) is 53.7 cm³/mol. The molecule has 1 aromatic rings. The van der Waals surface area contributed by atoms with Gasteiger partial charge in [0.2, 0.25) is 5.78 Å². The molecule has 1 rings (SSSR count). The zero-order valence-electron chi connectivity index (χ0n) is 9.25. The van der Waals surface area contributed by atoms with E-state index in [-0.39, 0.29) is 5.56 Å². The summed E-state index contributed by atoms with van der Waals surface area (Å²) >= 11 is 0. The molecule has 0 aromatic heterocycles. The molecule has 0 saturated carbocycles. The first-order valence-electron chi connectivity index (χ1n) is 4.79. The summed E-state index contributed by atoms with van der Waals surface area (Å²) in [7, 11) is 0. The second-order valence-corrected chi connectivity index (χ2v) is 3.42. The lowest BCUT2D eigenvalue weighted by Crippen LogP contribution is -2.18. The van der Waals surface area contributed by atoms with Gasteiger partial charge < -0.3 is 9.84 Å². The third-order valence-electron chi connectivity index (χ3n) is 2.05. The summed E-state index contributed by atoms with van der Waals surface area (Å²) in [6.45, 7) is 0.313. The van der Waals surface area contributed by atoms with Crippen LogP contribution in [0.15, 0.2) is 18.2 Å². The number of hydrogen-bond acceptors (Lipinski definition) is 4. The maximum absolute atomic E-state index is 12.4. The molecule has 98 valence electrons. The third kappa shape index (κ3) is 3.30. The highest BCUT2D eigenvalue weighted by Crippen LogP contribution is 2.33. The number of alkyl halides is 3. The van der Waals surface area contributed by atoms with Gasteiger partial charge in [0.15, 0.2) is 0 Å². The van der Waals surface area contributed by atoms with Crippen LogP contribution in [0.5, 0.6) is 5.75 Å². The molecule has 1 N–H and O–H groups in total. The fraction of sp³-hybridized carbons (Fsp3) is 0.273. The van der Waals surface area contributed by atoms with E-state index in [1.165, 1.54) is 0 Å². The Labute approximate surface area is 100.0 Å². The zero-order chi connectivity index (χ0) is 13.9. The van der Waals surface area contributed by atoms with Gasteiger partial charge >= 0.3 is 12.1 Å². The number of rotatable bonds is 3. The van der Waals surface area contributed by atoms with Gasteiger partial charge in [-0.25, -0.2) is 4.79 Å². The molecule has 0 aliphatic rings. The molecule has 0 amide bonds. The Kier molecular flexibility index (Phi) is 4.07. The first kappa shape index (κ1) is 14.2. The summed E-state index contributed by atoms with van der Waals surface area (Å²) in [6.07, 6.45) is -4.61. The first-order chi connectivity index (χ1) is 8.25. The molecule has 0 unspecified atom stereocenters. The summed E-state index contributed by atoms with van der Waals surface area (Å²) in [5.41, 5.74) is -1.05. The predicted octanol–water partition coefficient (Wildman–Crippen LogP) is 1.69. The normalized spacial score (nSPS) is 11.2. The van der Waals surface area contributed by atoms with Crippen LogP contribution < -0.4 is 4.74 Å². The molecule has 0 atom stereocenters. The van der Waals surface area contributed by atoms with Gasteiger partial charge in [-0.1, -0.05) is 6.07 Å². The number of aliphatic hydroxyl groups excluding tert-OH is 1. The van der Waals surface area contributed by atoms with Crippen molar-refractivity contribution in [2.75, 3.05) is 0 Å². The van der Waals surface area contributed by atoms with Gasteiger partial charge in [0.25, 0.3) is 0 Å². The van der Waals surface area contributed by atoms with Crippen LogP contribution in [0.3, 0.4) is 0 Å². The maximum Gasteiger partial charge on any atom is 0.416 e. The lowest BCUT2D eigenvalue weighted by molar-refractivity contribution is -0.146. The summed E-state index contributed by atoms with van der Waals surface area (Å²) in [4.78, 5) is 21.7. The van der Waals surface area contributed by atoms with Crippen LogP contribution in [0.4, 0.5) is 13.2 Å². The van der Waals surface area contributed by atoms with Crippen molar-refractivity contribution in [1.29, 1.82) is 0 Å². The van der Waals surface area contributed by atoms with Gasteiger partial charge in [-0.05, 0) is 12.1 Å². The van der Waals surface area contributed by atoms with Crippen molar-refractivity contribution in [3.63, 3.8) is 0 Å². The van der Waals surface area contributed by atoms with Crippen LogP contribution in [-0.4, -0.2) is 16.9 Å². The zero-order valence-corrected chi connectivity index (χ0v) is 9.25. The highest BCUT2D eigenvalue weighted by atomic mass is 19.4. The number of ketones is 1. The van der Waals surface area contributed by atoms with Crippen LogP contribution >= 0.6 is 0 Å². The molecule has 0 aliphatic heterocycles. The first-order valence-corrected chi connectivity index (χ1v) is 4.79. The van der Waals surface area contributed by atoms with E-state index < -0.39 is 35.8 Å². The van der Waals surface area contributed by atoms with Crippen molar-refractivity contribution >= 4 is 11.8 Å². The van der Waals surface area contributed by atoms with E-state index >= 15 is 0 Å². The lowest BCUT2D eigenvalue weighted by atomic mass is 10.1. The molecular formula is C11H9F3O4. The van der Waals surface area contributed by atoms with E-state index in [4.69, 9.17) is 5.11 Å². The second kappa shape index (κ2) is 5.18. The van der Waals surface area contributed by atoms with Crippen molar-refractivity contribution < 1.29 is 32.6 Å². The number of carbonyl (C=O) groups is 2. The van der Waals surface area contributed by atoms with Crippen LogP contribution in [0.2, 0.25) is 0 Å². The number of ether oxygens (including phenoxy) is 1. The maximum atomic E-state index is 12.4. The Morgan fingerprint density at radius 1 is 1.33 bits per heavy atom. The largest absolute Gasteiger partial charge is 0.420 e. The van der Waals surface area contributed by atoms with Crippen LogP contribution in [0, 0.1) is 0 Å². The standard InChI is InChI=1S/C11H9F3O4/c1-6(16)10(17)18-9-4-8(11(12,13)14)3-2-7(9)5-15/h2-4,15H,5H2,1H3. The minimum atomic E-state index is -4.61. The summed E-state index contributed by atoms with van der Waals surface area (Å²) < 4.78 is 41.8. The number of benzene rings is 1. The fourth-order valence-electron chi connectivity index (χ4n) is 1.13. The lowest BCUT2D eigenvalue weighted by Gasteiger charge is -2.11. The van der Waals surface area contributed by atoms with Gasteiger partial charge in [0.1, 0.15) is 5.75 Å². The van der Waals surface area contributed by atoms with Gasteiger partial charge in [-0.2, -0.15) is 13.2 Å². The van der Waals surface area contributed by atoms with E-state index in [2.05, 4.69) is 4.74 Å². The van der Waals surface area contributed by atoms with Gasteiger partial charge in [-0.15, -0.1) is 0 Å². The molecule has 0 heterocycles. The Morgan fingerprint density at radius 2 is 1.94 bits per heavy atom. The van der Waals surface area contributed by atoms with Gasteiger partial charge in [0.05, 0.1) is 12.2 Å². The minimum absolute atomic E-state index is 0.0161. The van der Waals surface area contributed by atoms with E-state index in [9.17, 15) is 22.8 Å². The van der Waals surface area contributed by atoms with Gasteiger partial charge in [0, 0.05) is 12.5 Å². The summed E-state index contributed by atoms with van der Waals surface area (Å²) in [5, 5.41) is 8.91. The molecule has 0 aliphatic carbocycles. The molecular weight excluding hydrogens is 253 g/mol. The Balaban J connectivity index is 3.14. The number of halogens is 3. The number of carbonyl (C=O) groups excluding carboxylic acids is 2. The average molecular weight is 262 g/mol. The van der Waals surface area contributed by atoms with E-state index in [1.807, 2.05) is 0 Å². The van der Waals surface area contributed by atoms with Gasteiger partial charge in [-0.3, -0.25) is 4.79 Å². The van der Waals surface area contributed by atoms with E-state index in [1.54, 1.807) is 0 Å². The summed E-state index contributed by atoms with van der Waals surface area (Å²) in [6, 6.07) is 2.29. The molecule has 4 nitrogen and oxygen atoms in total. The second-order valence-electron chi connectivity index (χ2n) is 3.42. The van der Waals surface area contributed by atoms with Crippen LogP contribution in [-0.2, 0) is 22.4 Å². The fourth-order valence-corrected chi connectivity index (χ4v) is 1.13.